The van der Waals surface area contributed by atoms with Crippen LogP contribution in [0.2, 0.25) is 0 Å². The largest absolute Gasteiger partial charge is 0.493 e. The van der Waals surface area contributed by atoms with Crippen molar-refractivity contribution < 1.29 is 9.47 Å². The predicted octanol–water partition coefficient (Wildman–Crippen LogP) is 3.46. The number of hydrogen-bond donors (Lipinski definition) is 1. The molecule has 116 valence electrons. The Balaban J connectivity index is 2.05. The van der Waals surface area contributed by atoms with E-state index in [1.54, 1.807) is 14.2 Å². The molecule has 0 bridgehead atoms. The molecule has 1 saturated heterocycles. The van der Waals surface area contributed by atoms with Gasteiger partial charge in [0.1, 0.15) is 0 Å². The van der Waals surface area contributed by atoms with Crippen molar-refractivity contribution >= 4 is 16.9 Å². The number of rotatable bonds is 6. The molecule has 0 atom stereocenters. The van der Waals surface area contributed by atoms with Gasteiger partial charge >= 0.3 is 0 Å². The normalized spacial score (nSPS) is 18.6. The molecule has 0 amide bonds. The molecule has 0 aliphatic carbocycles. The fraction of sp³-hybridized carbons (Fsp3) is 0.562. The highest BCUT2D eigenvalue weighted by atomic mass is 32.2. The van der Waals surface area contributed by atoms with Crippen LogP contribution < -0.4 is 14.8 Å². The number of methoxy groups -OCH3 is 2. The summed E-state index contributed by atoms with van der Waals surface area (Å²) in [6, 6.07) is 5.93. The second-order valence-corrected chi connectivity index (χ2v) is 6.18. The zero-order chi connectivity index (χ0) is 15.3. The highest BCUT2D eigenvalue weighted by Gasteiger charge is 2.33. The van der Waals surface area contributed by atoms with Gasteiger partial charge in [-0.2, -0.15) is 0 Å². The number of amidine groups is 1. The van der Waals surface area contributed by atoms with Gasteiger partial charge in [0.2, 0.25) is 0 Å². The van der Waals surface area contributed by atoms with E-state index in [4.69, 9.17) is 9.47 Å². The maximum atomic E-state index is 5.32. The summed E-state index contributed by atoms with van der Waals surface area (Å²) in [5, 5.41) is 4.63. The van der Waals surface area contributed by atoms with E-state index in [0.29, 0.717) is 6.54 Å². The van der Waals surface area contributed by atoms with Gasteiger partial charge < -0.3 is 14.8 Å². The summed E-state index contributed by atoms with van der Waals surface area (Å²) in [6.07, 6.45) is 2.26. The van der Waals surface area contributed by atoms with Crippen molar-refractivity contribution in [3.05, 3.63) is 23.8 Å². The van der Waals surface area contributed by atoms with Crippen molar-refractivity contribution in [2.75, 3.05) is 20.0 Å². The van der Waals surface area contributed by atoms with E-state index >= 15 is 0 Å². The topological polar surface area (TPSA) is 42.9 Å². The van der Waals surface area contributed by atoms with Gasteiger partial charge in [0.05, 0.1) is 20.8 Å². The number of nitrogens with one attached hydrogen (secondary N) is 1. The van der Waals surface area contributed by atoms with E-state index in [2.05, 4.69) is 24.2 Å². The summed E-state index contributed by atoms with van der Waals surface area (Å²) in [6.45, 7) is 5.11. The van der Waals surface area contributed by atoms with Gasteiger partial charge in [-0.15, -0.1) is 0 Å². The van der Waals surface area contributed by atoms with Crippen molar-refractivity contribution in [2.45, 2.75) is 38.8 Å². The maximum absolute atomic E-state index is 5.32. The molecule has 21 heavy (non-hydrogen) atoms. The van der Waals surface area contributed by atoms with Crippen LogP contribution >= 0.6 is 11.8 Å². The van der Waals surface area contributed by atoms with Gasteiger partial charge in [0.15, 0.2) is 16.7 Å². The second-order valence-electron chi connectivity index (χ2n) is 5.21. The number of nitrogens with zero attached hydrogens (tertiary/aromatic N) is 1. The average Bonchev–Trinajstić information content (AvgIpc) is 2.96. The van der Waals surface area contributed by atoms with Gasteiger partial charge in [0.25, 0.3) is 0 Å². The lowest BCUT2D eigenvalue weighted by Crippen LogP contribution is -2.42. The summed E-state index contributed by atoms with van der Waals surface area (Å²) in [4.78, 5) is 4.69. The Labute approximate surface area is 131 Å². The molecule has 1 aromatic carbocycles. The monoisotopic (exact) mass is 308 g/mol. The third kappa shape index (κ3) is 3.64. The Kier molecular flexibility index (Phi) is 5.39. The molecule has 4 nitrogen and oxygen atoms in total. The minimum atomic E-state index is 0.223. The van der Waals surface area contributed by atoms with Crippen LogP contribution in [0.5, 0.6) is 11.5 Å². The summed E-state index contributed by atoms with van der Waals surface area (Å²) < 4.78 is 10.6. The molecule has 1 heterocycles. The Morgan fingerprint density at radius 2 is 1.90 bits per heavy atom. The zero-order valence-corrected chi connectivity index (χ0v) is 14.0. The molecule has 1 N–H and O–H groups in total. The van der Waals surface area contributed by atoms with Crippen LogP contribution in [0.3, 0.4) is 0 Å². The lowest BCUT2D eigenvalue weighted by Gasteiger charge is -2.25. The van der Waals surface area contributed by atoms with E-state index in [9.17, 15) is 0 Å². The maximum Gasteiger partial charge on any atom is 0.161 e. The first kappa shape index (κ1) is 16.0. The molecule has 1 fully saturated rings. The zero-order valence-electron chi connectivity index (χ0n) is 13.2. The molecule has 1 aliphatic rings. The van der Waals surface area contributed by atoms with Gasteiger partial charge in [-0.25, -0.2) is 0 Å². The number of ether oxygens (including phenoxy) is 2. The van der Waals surface area contributed by atoms with Crippen LogP contribution in [0.1, 0.15) is 32.3 Å². The standard InChI is InChI=1S/C16H24N2O2S/c1-5-16(6-2)11-21-15(18-16)17-10-12-7-8-13(19-3)14(9-12)20-4/h7-9H,5-6,10-11H2,1-4H3,(H,17,18). The van der Waals surface area contributed by atoms with Gasteiger partial charge in [0, 0.05) is 11.3 Å². The van der Waals surface area contributed by atoms with E-state index in [1.165, 1.54) is 0 Å². The molecule has 0 radical (unpaired) electrons. The molecular weight excluding hydrogens is 284 g/mol. The van der Waals surface area contributed by atoms with Crippen LogP contribution in [0.4, 0.5) is 0 Å². The number of thioether (sulfide) groups is 1. The Bertz CT molecular complexity index is 513. The smallest absolute Gasteiger partial charge is 0.161 e. The fourth-order valence-electron chi connectivity index (χ4n) is 2.36. The van der Waals surface area contributed by atoms with Crippen LogP contribution in [-0.4, -0.2) is 30.7 Å². The number of aliphatic imine (C=N–C) groups is 1. The summed E-state index contributed by atoms with van der Waals surface area (Å²) in [7, 11) is 3.30. The lowest BCUT2D eigenvalue weighted by molar-refractivity contribution is 0.354. The molecule has 1 aliphatic heterocycles. The molecule has 0 spiro atoms. The van der Waals surface area contributed by atoms with E-state index in [0.717, 1.165) is 40.8 Å². The molecule has 5 heteroatoms. The average molecular weight is 308 g/mol. The van der Waals surface area contributed by atoms with Gasteiger partial charge in [-0.1, -0.05) is 31.7 Å². The Morgan fingerprint density at radius 3 is 2.48 bits per heavy atom. The Hall–Kier alpha value is -1.36. The summed E-state index contributed by atoms with van der Waals surface area (Å²) in [5.41, 5.74) is 1.34. The second kappa shape index (κ2) is 7.07. The first-order chi connectivity index (χ1) is 10.2. The van der Waals surface area contributed by atoms with Crippen LogP contribution in [0.15, 0.2) is 23.2 Å². The first-order valence-corrected chi connectivity index (χ1v) is 8.31. The summed E-state index contributed by atoms with van der Waals surface area (Å²) >= 11 is 1.82. The fourth-order valence-corrected chi connectivity index (χ4v) is 3.70. The van der Waals surface area contributed by atoms with Crippen molar-refractivity contribution in [1.82, 2.24) is 5.32 Å². The molecule has 0 aromatic heterocycles. The molecule has 2 rings (SSSR count). The van der Waals surface area contributed by atoms with Crippen LogP contribution in [-0.2, 0) is 6.54 Å². The third-order valence-corrected chi connectivity index (χ3v) is 5.27. The van der Waals surface area contributed by atoms with E-state index in [1.807, 2.05) is 30.0 Å². The number of benzene rings is 1. The minimum absolute atomic E-state index is 0.223. The summed E-state index contributed by atoms with van der Waals surface area (Å²) in [5.74, 6) is 2.60. The molecule has 0 saturated carbocycles. The van der Waals surface area contributed by atoms with Crippen molar-refractivity contribution in [3.8, 4) is 11.5 Å². The van der Waals surface area contributed by atoms with Crippen molar-refractivity contribution in [2.24, 2.45) is 4.99 Å². The molecule has 1 aromatic rings. The van der Waals surface area contributed by atoms with Crippen LogP contribution in [0, 0.1) is 0 Å². The van der Waals surface area contributed by atoms with Crippen molar-refractivity contribution in [3.63, 3.8) is 0 Å². The van der Waals surface area contributed by atoms with Gasteiger partial charge in [-0.05, 0) is 30.5 Å². The van der Waals surface area contributed by atoms with Crippen molar-refractivity contribution in [1.29, 1.82) is 0 Å². The third-order valence-electron chi connectivity index (χ3n) is 4.06. The molecule has 0 unspecified atom stereocenters. The van der Waals surface area contributed by atoms with E-state index < -0.39 is 0 Å². The quantitative estimate of drug-likeness (QED) is 0.874. The minimum Gasteiger partial charge on any atom is -0.493 e. The highest BCUT2D eigenvalue weighted by Crippen LogP contribution is 2.30. The first-order valence-electron chi connectivity index (χ1n) is 7.32. The SMILES string of the molecule is CCC1(CC)CSC(=NCc2ccc(OC)c(OC)c2)N1. The highest BCUT2D eigenvalue weighted by molar-refractivity contribution is 8.14. The number of hydrogen-bond acceptors (Lipinski definition) is 4. The predicted molar refractivity (Wildman–Crippen MR) is 89.6 cm³/mol. The van der Waals surface area contributed by atoms with E-state index in [-0.39, 0.29) is 5.54 Å². The van der Waals surface area contributed by atoms with Crippen LogP contribution in [0.25, 0.3) is 0 Å². The lowest BCUT2D eigenvalue weighted by atomic mass is 9.96. The Morgan fingerprint density at radius 1 is 1.19 bits per heavy atom. The molecular formula is C16H24N2O2S. The van der Waals surface area contributed by atoms with Gasteiger partial charge in [-0.3, -0.25) is 4.99 Å².